The van der Waals surface area contributed by atoms with Gasteiger partial charge in [0.05, 0.1) is 12.9 Å². The fourth-order valence-corrected chi connectivity index (χ4v) is 2.70. The van der Waals surface area contributed by atoms with Crippen LogP contribution in [0.2, 0.25) is 5.02 Å². The van der Waals surface area contributed by atoms with Crippen molar-refractivity contribution in [3.63, 3.8) is 0 Å². The molecule has 22 heavy (non-hydrogen) atoms. The Morgan fingerprint density at radius 3 is 2.82 bits per heavy atom. The van der Waals surface area contributed by atoms with Gasteiger partial charge in [0.25, 0.3) is 5.56 Å². The lowest BCUT2D eigenvalue weighted by molar-refractivity contribution is 0.590. The number of aromatic nitrogens is 4. The van der Waals surface area contributed by atoms with Crippen molar-refractivity contribution in [2.75, 3.05) is 0 Å². The van der Waals surface area contributed by atoms with Crippen molar-refractivity contribution < 1.29 is 0 Å². The number of hydrogen-bond donors (Lipinski definition) is 1. The minimum Gasteiger partial charge on any atom is -0.339 e. The average molecular weight is 319 g/mol. The number of aryl methyl sites for hydroxylation is 1. The van der Waals surface area contributed by atoms with Gasteiger partial charge in [0.1, 0.15) is 5.52 Å². The molecule has 0 spiro atoms. The molecule has 0 bridgehead atoms. The molecule has 114 valence electrons. The van der Waals surface area contributed by atoms with Crippen molar-refractivity contribution >= 4 is 22.8 Å². The van der Waals surface area contributed by atoms with Crippen LogP contribution in [0.1, 0.15) is 18.9 Å². The molecule has 0 aliphatic heterocycles. The Balaban J connectivity index is 2.20. The summed E-state index contributed by atoms with van der Waals surface area (Å²) in [5, 5.41) is 0.571. The molecule has 0 saturated heterocycles. The van der Waals surface area contributed by atoms with Gasteiger partial charge in [0.15, 0.2) is 5.65 Å². The Kier molecular flexibility index (Phi) is 3.85. The van der Waals surface area contributed by atoms with Crippen molar-refractivity contribution in [2.45, 2.75) is 26.4 Å². The van der Waals surface area contributed by atoms with Crippen LogP contribution in [-0.2, 0) is 13.1 Å². The lowest BCUT2D eigenvalue weighted by Crippen LogP contribution is -2.40. The Hall–Kier alpha value is -2.34. The minimum absolute atomic E-state index is 0.177. The van der Waals surface area contributed by atoms with E-state index < -0.39 is 0 Å². The van der Waals surface area contributed by atoms with E-state index in [4.69, 9.17) is 11.6 Å². The SMILES string of the molecule is CCCn1c(=O)n(Cc2cccc(Cl)c2)c(=O)c2[nH]cnc21. The molecule has 0 aliphatic rings. The summed E-state index contributed by atoms with van der Waals surface area (Å²) in [5.74, 6) is 0. The van der Waals surface area contributed by atoms with Gasteiger partial charge in [-0.25, -0.2) is 9.78 Å². The largest absolute Gasteiger partial charge is 0.339 e. The highest BCUT2D eigenvalue weighted by atomic mass is 35.5. The lowest BCUT2D eigenvalue weighted by Gasteiger charge is -2.10. The standard InChI is InChI=1S/C15H15ClN4O2/c1-2-6-19-13-12(17-9-18-13)14(21)20(15(19)22)8-10-4-3-5-11(16)7-10/h3-5,7,9H,2,6,8H2,1H3,(H,17,18). The Morgan fingerprint density at radius 1 is 1.27 bits per heavy atom. The molecular weight excluding hydrogens is 304 g/mol. The molecule has 1 N–H and O–H groups in total. The molecule has 0 amide bonds. The molecule has 0 radical (unpaired) electrons. The maximum absolute atomic E-state index is 12.6. The van der Waals surface area contributed by atoms with Crippen molar-refractivity contribution in [3.05, 3.63) is 62.0 Å². The average Bonchev–Trinajstić information content (AvgIpc) is 2.97. The summed E-state index contributed by atoms with van der Waals surface area (Å²) >= 11 is 5.96. The maximum Gasteiger partial charge on any atom is 0.333 e. The zero-order valence-corrected chi connectivity index (χ0v) is 12.8. The van der Waals surface area contributed by atoms with E-state index in [9.17, 15) is 9.59 Å². The number of rotatable bonds is 4. The summed E-state index contributed by atoms with van der Waals surface area (Å²) in [6.45, 7) is 2.66. The van der Waals surface area contributed by atoms with Gasteiger partial charge in [0.2, 0.25) is 0 Å². The van der Waals surface area contributed by atoms with E-state index in [-0.39, 0.29) is 17.8 Å². The summed E-state index contributed by atoms with van der Waals surface area (Å²) in [4.78, 5) is 32.0. The fraction of sp³-hybridized carbons (Fsp3) is 0.267. The summed E-state index contributed by atoms with van der Waals surface area (Å²) < 4.78 is 2.74. The predicted molar refractivity (Wildman–Crippen MR) is 85.5 cm³/mol. The highest BCUT2D eigenvalue weighted by Crippen LogP contribution is 2.11. The fourth-order valence-electron chi connectivity index (χ4n) is 2.49. The molecule has 1 aromatic carbocycles. The molecule has 0 fully saturated rings. The first-order chi connectivity index (χ1) is 10.6. The lowest BCUT2D eigenvalue weighted by atomic mass is 10.2. The smallest absolute Gasteiger partial charge is 0.333 e. The number of aromatic amines is 1. The van der Waals surface area contributed by atoms with Crippen LogP contribution in [-0.4, -0.2) is 19.1 Å². The number of nitrogens with zero attached hydrogens (tertiary/aromatic N) is 3. The van der Waals surface area contributed by atoms with Gasteiger partial charge in [-0.15, -0.1) is 0 Å². The third-order valence-electron chi connectivity index (χ3n) is 3.47. The van der Waals surface area contributed by atoms with Crippen LogP contribution in [0.4, 0.5) is 0 Å². The van der Waals surface area contributed by atoms with Crippen LogP contribution in [0.5, 0.6) is 0 Å². The Labute approximate surface area is 131 Å². The molecule has 0 saturated carbocycles. The zero-order valence-electron chi connectivity index (χ0n) is 12.0. The Bertz CT molecular complexity index is 939. The van der Waals surface area contributed by atoms with Crippen LogP contribution in [0, 0.1) is 0 Å². The number of halogens is 1. The summed E-state index contributed by atoms with van der Waals surface area (Å²) in [6.07, 6.45) is 2.21. The number of H-pyrrole nitrogens is 1. The molecular formula is C15H15ClN4O2. The van der Waals surface area contributed by atoms with Gasteiger partial charge >= 0.3 is 5.69 Å². The van der Waals surface area contributed by atoms with Gasteiger partial charge in [-0.3, -0.25) is 13.9 Å². The van der Waals surface area contributed by atoms with Crippen molar-refractivity contribution in [1.82, 2.24) is 19.1 Å². The number of nitrogens with one attached hydrogen (secondary N) is 1. The number of imidazole rings is 1. The minimum atomic E-state index is -0.371. The van der Waals surface area contributed by atoms with Crippen molar-refractivity contribution in [3.8, 4) is 0 Å². The normalized spacial score (nSPS) is 11.2. The maximum atomic E-state index is 12.6. The van der Waals surface area contributed by atoms with E-state index in [1.165, 1.54) is 15.5 Å². The van der Waals surface area contributed by atoms with Crippen molar-refractivity contribution in [1.29, 1.82) is 0 Å². The number of fused-ring (bicyclic) bond motifs is 1. The zero-order chi connectivity index (χ0) is 15.7. The van der Waals surface area contributed by atoms with Crippen molar-refractivity contribution in [2.24, 2.45) is 0 Å². The summed E-state index contributed by atoms with van der Waals surface area (Å²) in [7, 11) is 0. The van der Waals surface area contributed by atoms with Crippen LogP contribution in [0.15, 0.2) is 40.2 Å². The van der Waals surface area contributed by atoms with Gasteiger partial charge in [-0.1, -0.05) is 30.7 Å². The first-order valence-corrected chi connectivity index (χ1v) is 7.40. The molecule has 0 aliphatic carbocycles. The van der Waals surface area contributed by atoms with E-state index in [1.54, 1.807) is 18.2 Å². The molecule has 0 atom stereocenters. The van der Waals surface area contributed by atoms with Crippen LogP contribution in [0.25, 0.3) is 11.2 Å². The molecule has 3 aromatic rings. The third kappa shape index (κ3) is 2.46. The van der Waals surface area contributed by atoms with Crippen LogP contribution >= 0.6 is 11.6 Å². The Morgan fingerprint density at radius 2 is 2.09 bits per heavy atom. The third-order valence-corrected chi connectivity index (χ3v) is 3.71. The van der Waals surface area contributed by atoms with E-state index in [0.717, 1.165) is 12.0 Å². The molecule has 2 heterocycles. The number of hydrogen-bond acceptors (Lipinski definition) is 3. The summed E-state index contributed by atoms with van der Waals surface area (Å²) in [5.41, 5.74) is 0.819. The first kappa shape index (κ1) is 14.6. The molecule has 7 heteroatoms. The molecule has 3 rings (SSSR count). The van der Waals surface area contributed by atoms with E-state index >= 15 is 0 Å². The van der Waals surface area contributed by atoms with Gasteiger partial charge in [-0.2, -0.15) is 0 Å². The molecule has 6 nitrogen and oxygen atoms in total. The summed E-state index contributed by atoms with van der Waals surface area (Å²) in [6, 6.07) is 7.12. The van der Waals surface area contributed by atoms with Gasteiger partial charge < -0.3 is 4.98 Å². The monoisotopic (exact) mass is 318 g/mol. The van der Waals surface area contributed by atoms with Crippen LogP contribution in [0.3, 0.4) is 0 Å². The quantitative estimate of drug-likeness (QED) is 0.799. The highest BCUT2D eigenvalue weighted by Gasteiger charge is 2.14. The van der Waals surface area contributed by atoms with Crippen LogP contribution < -0.4 is 11.2 Å². The van der Waals surface area contributed by atoms with E-state index in [0.29, 0.717) is 22.7 Å². The van der Waals surface area contributed by atoms with Gasteiger partial charge in [0, 0.05) is 11.6 Å². The second kappa shape index (κ2) is 5.81. The molecule has 2 aromatic heterocycles. The van der Waals surface area contributed by atoms with Gasteiger partial charge in [-0.05, 0) is 24.1 Å². The first-order valence-electron chi connectivity index (χ1n) is 7.03. The second-order valence-corrected chi connectivity index (χ2v) is 5.49. The number of benzene rings is 1. The second-order valence-electron chi connectivity index (χ2n) is 5.06. The van der Waals surface area contributed by atoms with E-state index in [2.05, 4.69) is 9.97 Å². The van der Waals surface area contributed by atoms with E-state index in [1.807, 2.05) is 13.0 Å². The topological polar surface area (TPSA) is 72.7 Å². The molecule has 0 unspecified atom stereocenters. The predicted octanol–water partition coefficient (Wildman–Crippen LogP) is 2.00. The highest BCUT2D eigenvalue weighted by molar-refractivity contribution is 6.30.